The van der Waals surface area contributed by atoms with E-state index in [2.05, 4.69) is 24.0 Å². The third-order valence-corrected chi connectivity index (χ3v) is 3.79. The first-order valence-electron chi connectivity index (χ1n) is 6.85. The van der Waals surface area contributed by atoms with E-state index < -0.39 is 0 Å². The number of carbonyl (C=O) groups excluding carboxylic acids is 1. The van der Waals surface area contributed by atoms with E-state index in [1.807, 2.05) is 43.3 Å². The Hall–Kier alpha value is -2.16. The number of pyridine rings is 1. The number of anilines is 1. The maximum Gasteiger partial charge on any atom is 0.231 e. The monoisotopic (exact) mass is 268 g/mol. The second-order valence-electron chi connectivity index (χ2n) is 5.07. The lowest BCUT2D eigenvalue weighted by molar-refractivity contribution is -0.122. The van der Waals surface area contributed by atoms with Crippen LogP contribution in [0.4, 0.5) is 5.82 Å². The molecule has 0 bridgehead atoms. The van der Waals surface area contributed by atoms with E-state index >= 15 is 0 Å². The molecule has 0 radical (unpaired) electrons. The normalized spacial score (nSPS) is 13.6. The van der Waals surface area contributed by atoms with Crippen LogP contribution in [0.5, 0.6) is 0 Å². The maximum absolute atomic E-state index is 12.5. The highest BCUT2D eigenvalue weighted by molar-refractivity contribution is 5.93. The number of amides is 1. The Morgan fingerprint density at radius 1 is 1.05 bits per heavy atom. The van der Waals surface area contributed by atoms with Gasteiger partial charge in [-0.05, 0) is 23.6 Å². The van der Waals surface area contributed by atoms with Gasteiger partial charge in [0.25, 0.3) is 0 Å². The van der Waals surface area contributed by atoms with Crippen LogP contribution in [0.3, 0.4) is 0 Å². The van der Waals surface area contributed by atoms with Crippen molar-refractivity contribution in [2.24, 2.45) is 5.92 Å². The first-order valence-corrected chi connectivity index (χ1v) is 6.85. The van der Waals surface area contributed by atoms with Gasteiger partial charge in [0.2, 0.25) is 5.91 Å². The van der Waals surface area contributed by atoms with Crippen LogP contribution in [-0.2, 0) is 4.79 Å². The summed E-state index contributed by atoms with van der Waals surface area (Å²) < 4.78 is 0. The summed E-state index contributed by atoms with van der Waals surface area (Å²) in [6.07, 6.45) is 1.70. The first-order chi connectivity index (χ1) is 9.61. The van der Waals surface area contributed by atoms with Crippen LogP contribution in [-0.4, -0.2) is 17.9 Å². The summed E-state index contributed by atoms with van der Waals surface area (Å²) in [5, 5.41) is 0. The molecule has 0 aliphatic heterocycles. The molecule has 1 heterocycles. The first kappa shape index (κ1) is 14.3. The number of aromatic nitrogens is 1. The molecule has 1 aromatic carbocycles. The van der Waals surface area contributed by atoms with E-state index in [1.165, 1.54) is 5.56 Å². The van der Waals surface area contributed by atoms with Crippen molar-refractivity contribution >= 4 is 11.7 Å². The Labute approximate surface area is 120 Å². The molecule has 1 aromatic heterocycles. The van der Waals surface area contributed by atoms with Gasteiger partial charge in [0.1, 0.15) is 5.82 Å². The van der Waals surface area contributed by atoms with Crippen LogP contribution in [0.2, 0.25) is 0 Å². The average Bonchev–Trinajstić information content (AvgIpc) is 2.53. The van der Waals surface area contributed by atoms with Crippen LogP contribution in [0.25, 0.3) is 0 Å². The van der Waals surface area contributed by atoms with Crippen molar-refractivity contribution in [3.05, 3.63) is 60.3 Å². The second-order valence-corrected chi connectivity index (χ2v) is 5.07. The Morgan fingerprint density at radius 3 is 2.30 bits per heavy atom. The van der Waals surface area contributed by atoms with E-state index in [0.717, 1.165) is 0 Å². The van der Waals surface area contributed by atoms with E-state index in [1.54, 1.807) is 18.1 Å². The molecule has 0 saturated heterocycles. The van der Waals surface area contributed by atoms with Gasteiger partial charge in [-0.25, -0.2) is 4.98 Å². The molecule has 0 aliphatic rings. The molecular formula is C17H20N2O. The third kappa shape index (κ3) is 3.05. The topological polar surface area (TPSA) is 33.2 Å². The highest BCUT2D eigenvalue weighted by Crippen LogP contribution is 2.26. The maximum atomic E-state index is 12.5. The lowest BCUT2D eigenvalue weighted by atomic mass is 9.88. The van der Waals surface area contributed by atoms with Gasteiger partial charge >= 0.3 is 0 Å². The van der Waals surface area contributed by atoms with E-state index in [-0.39, 0.29) is 17.7 Å². The molecule has 0 aliphatic carbocycles. The van der Waals surface area contributed by atoms with Gasteiger partial charge in [-0.15, -0.1) is 0 Å². The zero-order valence-electron chi connectivity index (χ0n) is 12.2. The number of benzene rings is 1. The minimum absolute atomic E-state index is 0.0834. The molecule has 1 amide bonds. The van der Waals surface area contributed by atoms with Crippen LogP contribution in [0.1, 0.15) is 25.3 Å². The molecule has 3 nitrogen and oxygen atoms in total. The predicted octanol–water partition coefficient (Wildman–Crippen LogP) is 3.48. The highest BCUT2D eigenvalue weighted by Gasteiger charge is 2.25. The summed E-state index contributed by atoms with van der Waals surface area (Å²) in [6, 6.07) is 15.7. The molecule has 0 fully saturated rings. The molecule has 0 N–H and O–H groups in total. The number of nitrogens with zero attached hydrogens (tertiary/aromatic N) is 2. The summed E-state index contributed by atoms with van der Waals surface area (Å²) in [5.41, 5.74) is 1.18. The minimum Gasteiger partial charge on any atom is -0.300 e. The molecule has 0 spiro atoms. The van der Waals surface area contributed by atoms with Crippen molar-refractivity contribution in [3.63, 3.8) is 0 Å². The van der Waals surface area contributed by atoms with E-state index in [4.69, 9.17) is 0 Å². The molecule has 20 heavy (non-hydrogen) atoms. The SMILES string of the molecule is C[C@H](C(=O)N(C)c1ccccn1)[C@H](C)c1ccccc1. The van der Waals surface area contributed by atoms with Gasteiger partial charge in [0.05, 0.1) is 0 Å². The summed E-state index contributed by atoms with van der Waals surface area (Å²) in [7, 11) is 1.78. The smallest absolute Gasteiger partial charge is 0.231 e. The fourth-order valence-corrected chi connectivity index (χ4v) is 2.23. The van der Waals surface area contributed by atoms with Crippen LogP contribution < -0.4 is 4.90 Å². The standard InChI is InChI=1S/C17H20N2O/c1-13(15-9-5-4-6-10-15)14(2)17(20)19(3)16-11-7-8-12-18-16/h4-14H,1-3H3/t13-,14-/m0/s1. The van der Waals surface area contributed by atoms with Crippen molar-refractivity contribution < 1.29 is 4.79 Å². The Morgan fingerprint density at radius 2 is 1.70 bits per heavy atom. The molecule has 3 heteroatoms. The van der Waals surface area contributed by atoms with Crippen molar-refractivity contribution in [2.45, 2.75) is 19.8 Å². The molecular weight excluding hydrogens is 248 g/mol. The lowest BCUT2D eigenvalue weighted by Gasteiger charge is -2.25. The Bertz CT molecular complexity index is 554. The fraction of sp³-hybridized carbons (Fsp3) is 0.294. The molecule has 104 valence electrons. The number of hydrogen-bond donors (Lipinski definition) is 0. The zero-order valence-corrected chi connectivity index (χ0v) is 12.2. The van der Waals surface area contributed by atoms with Gasteiger partial charge in [-0.3, -0.25) is 9.69 Å². The van der Waals surface area contributed by atoms with Gasteiger partial charge in [0, 0.05) is 19.2 Å². The Balaban J connectivity index is 2.13. The van der Waals surface area contributed by atoms with E-state index in [9.17, 15) is 4.79 Å². The number of carbonyl (C=O) groups is 1. The number of rotatable bonds is 4. The van der Waals surface area contributed by atoms with Crippen molar-refractivity contribution in [2.75, 3.05) is 11.9 Å². The second kappa shape index (κ2) is 6.33. The van der Waals surface area contributed by atoms with Gasteiger partial charge < -0.3 is 0 Å². The van der Waals surface area contributed by atoms with Crippen molar-refractivity contribution in [3.8, 4) is 0 Å². The summed E-state index contributed by atoms with van der Waals surface area (Å²) >= 11 is 0. The number of hydrogen-bond acceptors (Lipinski definition) is 2. The quantitative estimate of drug-likeness (QED) is 0.850. The molecule has 2 rings (SSSR count). The predicted molar refractivity (Wildman–Crippen MR) is 81.7 cm³/mol. The van der Waals surface area contributed by atoms with Gasteiger partial charge in [-0.1, -0.05) is 50.2 Å². The van der Waals surface area contributed by atoms with Crippen LogP contribution in [0.15, 0.2) is 54.7 Å². The minimum atomic E-state index is -0.0931. The van der Waals surface area contributed by atoms with Crippen LogP contribution >= 0.6 is 0 Å². The third-order valence-electron chi connectivity index (χ3n) is 3.79. The molecule has 0 unspecified atom stereocenters. The van der Waals surface area contributed by atoms with Crippen molar-refractivity contribution in [1.29, 1.82) is 0 Å². The average molecular weight is 268 g/mol. The highest BCUT2D eigenvalue weighted by atomic mass is 16.2. The zero-order chi connectivity index (χ0) is 14.5. The van der Waals surface area contributed by atoms with Crippen LogP contribution in [0, 0.1) is 5.92 Å². The Kier molecular flexibility index (Phi) is 4.51. The molecule has 2 aromatic rings. The summed E-state index contributed by atoms with van der Waals surface area (Å²) in [4.78, 5) is 18.4. The van der Waals surface area contributed by atoms with E-state index in [0.29, 0.717) is 5.82 Å². The van der Waals surface area contributed by atoms with Gasteiger partial charge in [-0.2, -0.15) is 0 Å². The van der Waals surface area contributed by atoms with Crippen molar-refractivity contribution in [1.82, 2.24) is 4.98 Å². The molecule has 2 atom stereocenters. The fourth-order valence-electron chi connectivity index (χ4n) is 2.23. The van der Waals surface area contributed by atoms with Gasteiger partial charge in [0.15, 0.2) is 0 Å². The molecule has 0 saturated carbocycles. The summed E-state index contributed by atoms with van der Waals surface area (Å²) in [6.45, 7) is 4.06. The largest absolute Gasteiger partial charge is 0.300 e. The summed E-state index contributed by atoms with van der Waals surface area (Å²) in [5.74, 6) is 0.851. The lowest BCUT2D eigenvalue weighted by Crippen LogP contribution is -2.34.